The highest BCUT2D eigenvalue weighted by molar-refractivity contribution is 7.99. The smallest absolute Gasteiger partial charge is 0.142 e. The van der Waals surface area contributed by atoms with Crippen LogP contribution >= 0.6 is 11.8 Å². The molecule has 0 aliphatic carbocycles. The van der Waals surface area contributed by atoms with E-state index < -0.39 is 0 Å². The number of methoxy groups -OCH3 is 2. The van der Waals surface area contributed by atoms with Gasteiger partial charge in [-0.25, -0.2) is 4.98 Å². The standard InChI is InChI=1S/C17H17N3O2S/c1-9-16-13(8-23-9)15(12(7-18)17(19)20-16)11-6-10(21-2)4-5-14(11)22-3/h4-6,9H,8H2,1-3H3,(H2,19,20)/t9-/m0/s1. The molecule has 0 amide bonds. The second-order valence-electron chi connectivity index (χ2n) is 5.24. The molecule has 0 bridgehead atoms. The van der Waals surface area contributed by atoms with Crippen molar-refractivity contribution in [1.82, 2.24) is 4.98 Å². The van der Waals surface area contributed by atoms with Crippen LogP contribution in [-0.2, 0) is 5.75 Å². The second-order valence-corrected chi connectivity index (χ2v) is 6.57. The topological polar surface area (TPSA) is 81.2 Å². The molecule has 2 heterocycles. The lowest BCUT2D eigenvalue weighted by Gasteiger charge is -2.16. The van der Waals surface area contributed by atoms with Crippen molar-refractivity contribution in [2.45, 2.75) is 17.9 Å². The predicted octanol–water partition coefficient (Wildman–Crippen LogP) is 3.53. The quantitative estimate of drug-likeness (QED) is 0.929. The lowest BCUT2D eigenvalue weighted by atomic mass is 9.93. The van der Waals surface area contributed by atoms with E-state index >= 15 is 0 Å². The zero-order valence-electron chi connectivity index (χ0n) is 13.2. The Morgan fingerprint density at radius 3 is 2.78 bits per heavy atom. The fourth-order valence-electron chi connectivity index (χ4n) is 2.85. The second kappa shape index (κ2) is 6.01. The van der Waals surface area contributed by atoms with Gasteiger partial charge in [0, 0.05) is 22.1 Å². The zero-order valence-corrected chi connectivity index (χ0v) is 14.0. The molecule has 2 N–H and O–H groups in total. The maximum Gasteiger partial charge on any atom is 0.142 e. The molecule has 0 spiro atoms. The Kier molecular flexibility index (Phi) is 4.05. The third-order valence-electron chi connectivity index (χ3n) is 4.01. The molecule has 23 heavy (non-hydrogen) atoms. The van der Waals surface area contributed by atoms with Crippen molar-refractivity contribution < 1.29 is 9.47 Å². The monoisotopic (exact) mass is 327 g/mol. The number of rotatable bonds is 3. The minimum Gasteiger partial charge on any atom is -0.497 e. The highest BCUT2D eigenvalue weighted by Crippen LogP contribution is 2.48. The summed E-state index contributed by atoms with van der Waals surface area (Å²) in [7, 11) is 3.22. The molecule has 2 aromatic rings. The van der Waals surface area contributed by atoms with Crippen molar-refractivity contribution in [3.63, 3.8) is 0 Å². The highest BCUT2D eigenvalue weighted by atomic mass is 32.2. The van der Waals surface area contributed by atoms with Gasteiger partial charge in [0.2, 0.25) is 0 Å². The molecule has 118 valence electrons. The van der Waals surface area contributed by atoms with E-state index in [0.29, 0.717) is 17.1 Å². The summed E-state index contributed by atoms with van der Waals surface area (Å²) in [5, 5.41) is 9.86. The summed E-state index contributed by atoms with van der Waals surface area (Å²) in [6.45, 7) is 2.10. The average Bonchev–Trinajstić information content (AvgIpc) is 2.93. The van der Waals surface area contributed by atoms with E-state index in [-0.39, 0.29) is 11.1 Å². The van der Waals surface area contributed by atoms with Crippen LogP contribution < -0.4 is 15.2 Å². The number of hydrogen-bond donors (Lipinski definition) is 1. The Morgan fingerprint density at radius 2 is 2.13 bits per heavy atom. The number of ether oxygens (including phenoxy) is 2. The van der Waals surface area contributed by atoms with Crippen molar-refractivity contribution in [2.24, 2.45) is 0 Å². The number of hydrogen-bond acceptors (Lipinski definition) is 6. The molecule has 5 nitrogen and oxygen atoms in total. The van der Waals surface area contributed by atoms with Gasteiger partial charge in [0.15, 0.2) is 0 Å². The van der Waals surface area contributed by atoms with Gasteiger partial charge >= 0.3 is 0 Å². The minimum absolute atomic E-state index is 0.260. The van der Waals surface area contributed by atoms with Crippen molar-refractivity contribution in [1.29, 1.82) is 5.26 Å². The number of nitriles is 1. The number of nitrogens with zero attached hydrogens (tertiary/aromatic N) is 2. The number of nitrogen functional groups attached to an aromatic ring is 1. The first-order chi connectivity index (χ1) is 11.1. The molecule has 1 atom stereocenters. The van der Waals surface area contributed by atoms with Crippen molar-refractivity contribution in [3.05, 3.63) is 35.0 Å². The Morgan fingerprint density at radius 1 is 1.35 bits per heavy atom. The summed E-state index contributed by atoms with van der Waals surface area (Å²) in [6.07, 6.45) is 0. The van der Waals surface area contributed by atoms with Gasteiger partial charge in [-0.1, -0.05) is 0 Å². The minimum atomic E-state index is 0.260. The SMILES string of the molecule is COc1ccc(OC)c(-c2c(C#N)c(N)nc3c2CS[C@H]3C)c1. The molecule has 1 aliphatic heterocycles. The van der Waals surface area contributed by atoms with Crippen LogP contribution in [0.3, 0.4) is 0 Å². The normalized spacial score (nSPS) is 15.8. The molecule has 0 radical (unpaired) electrons. The van der Waals surface area contributed by atoms with E-state index in [0.717, 1.165) is 28.1 Å². The molecular formula is C17H17N3O2S. The van der Waals surface area contributed by atoms with Crippen LogP contribution in [0, 0.1) is 11.3 Å². The predicted molar refractivity (Wildman–Crippen MR) is 91.6 cm³/mol. The largest absolute Gasteiger partial charge is 0.497 e. The Bertz CT molecular complexity index is 814. The molecule has 1 aromatic heterocycles. The van der Waals surface area contributed by atoms with Crippen molar-refractivity contribution in [2.75, 3.05) is 20.0 Å². The van der Waals surface area contributed by atoms with Gasteiger partial charge in [-0.15, -0.1) is 11.8 Å². The molecule has 0 fully saturated rings. The van der Waals surface area contributed by atoms with Crippen LogP contribution in [0.5, 0.6) is 11.5 Å². The number of fused-ring (bicyclic) bond motifs is 1. The Labute approximate surface area is 139 Å². The van der Waals surface area contributed by atoms with Gasteiger partial charge in [0.1, 0.15) is 28.9 Å². The molecule has 1 aromatic carbocycles. The van der Waals surface area contributed by atoms with E-state index in [4.69, 9.17) is 15.2 Å². The third-order valence-corrected chi connectivity index (χ3v) is 5.19. The van der Waals surface area contributed by atoms with E-state index in [1.54, 1.807) is 26.0 Å². The van der Waals surface area contributed by atoms with Gasteiger partial charge in [-0.05, 0) is 30.7 Å². The highest BCUT2D eigenvalue weighted by Gasteiger charge is 2.29. The summed E-state index contributed by atoms with van der Waals surface area (Å²) in [6, 6.07) is 7.75. The van der Waals surface area contributed by atoms with Gasteiger partial charge < -0.3 is 15.2 Å². The fourth-order valence-corrected chi connectivity index (χ4v) is 3.91. The summed E-state index contributed by atoms with van der Waals surface area (Å²) in [5.41, 5.74) is 10.1. The van der Waals surface area contributed by atoms with Gasteiger partial charge in [0.05, 0.1) is 19.9 Å². The molecule has 0 unspecified atom stereocenters. The molecule has 3 rings (SSSR count). The first kappa shape index (κ1) is 15.5. The maximum atomic E-state index is 9.60. The molecule has 1 aliphatic rings. The van der Waals surface area contributed by atoms with Crippen LogP contribution in [0.15, 0.2) is 18.2 Å². The molecule has 6 heteroatoms. The maximum absolute atomic E-state index is 9.60. The van der Waals surface area contributed by atoms with Crippen LogP contribution in [0.2, 0.25) is 0 Å². The van der Waals surface area contributed by atoms with Gasteiger partial charge in [-0.3, -0.25) is 0 Å². The van der Waals surface area contributed by atoms with Crippen LogP contribution in [0.25, 0.3) is 11.1 Å². The van der Waals surface area contributed by atoms with E-state index in [1.807, 2.05) is 18.2 Å². The molecular weight excluding hydrogens is 310 g/mol. The number of aromatic nitrogens is 1. The molecule has 0 saturated heterocycles. The number of anilines is 1. The summed E-state index contributed by atoms with van der Waals surface area (Å²) < 4.78 is 10.8. The number of thioether (sulfide) groups is 1. The van der Waals surface area contributed by atoms with E-state index in [2.05, 4.69) is 18.0 Å². The molecule has 0 saturated carbocycles. The lowest BCUT2D eigenvalue weighted by molar-refractivity contribution is 0.404. The summed E-state index contributed by atoms with van der Waals surface area (Å²) >= 11 is 1.79. The van der Waals surface area contributed by atoms with Crippen molar-refractivity contribution in [3.8, 4) is 28.7 Å². The van der Waals surface area contributed by atoms with Crippen LogP contribution in [0.4, 0.5) is 5.82 Å². The Balaban J connectivity index is 2.37. The van der Waals surface area contributed by atoms with Gasteiger partial charge in [0.25, 0.3) is 0 Å². The summed E-state index contributed by atoms with van der Waals surface area (Å²) in [5.74, 6) is 2.45. The van der Waals surface area contributed by atoms with Gasteiger partial charge in [-0.2, -0.15) is 5.26 Å². The third kappa shape index (κ3) is 2.47. The lowest BCUT2D eigenvalue weighted by Crippen LogP contribution is -2.05. The number of nitrogens with two attached hydrogens (primary N) is 1. The summed E-state index contributed by atoms with van der Waals surface area (Å²) in [4.78, 5) is 4.45. The number of benzene rings is 1. The zero-order chi connectivity index (χ0) is 16.6. The first-order valence-corrected chi connectivity index (χ1v) is 8.21. The van der Waals surface area contributed by atoms with Crippen LogP contribution in [-0.4, -0.2) is 19.2 Å². The van der Waals surface area contributed by atoms with E-state index in [9.17, 15) is 5.26 Å². The van der Waals surface area contributed by atoms with Crippen LogP contribution in [0.1, 0.15) is 29.0 Å². The first-order valence-electron chi connectivity index (χ1n) is 7.17. The Hall–Kier alpha value is -2.39. The van der Waals surface area contributed by atoms with E-state index in [1.165, 1.54) is 0 Å². The fraction of sp³-hybridized carbons (Fsp3) is 0.294. The average molecular weight is 327 g/mol. The number of pyridine rings is 1. The van der Waals surface area contributed by atoms with Crippen molar-refractivity contribution >= 4 is 17.6 Å².